The molecule has 4 rings (SSSR count). The van der Waals surface area contributed by atoms with Crippen LogP contribution in [0, 0.1) is 0 Å². The molecule has 0 radical (unpaired) electrons. The van der Waals surface area contributed by atoms with Gasteiger partial charge in [-0.15, -0.1) is 10.2 Å². The van der Waals surface area contributed by atoms with Crippen LogP contribution in [-0.4, -0.2) is 37.5 Å². The molecule has 1 aromatic heterocycles. The molecule has 0 fully saturated rings. The second-order valence-corrected chi connectivity index (χ2v) is 8.52. The van der Waals surface area contributed by atoms with Crippen LogP contribution in [0.15, 0.2) is 95.2 Å². The summed E-state index contributed by atoms with van der Waals surface area (Å²) in [6, 6.07) is 25.5. The number of rotatable bonds is 7. The lowest BCUT2D eigenvalue weighted by atomic mass is 10.1. The van der Waals surface area contributed by atoms with Gasteiger partial charge in [-0.2, -0.15) is 5.10 Å². The van der Waals surface area contributed by atoms with E-state index in [9.17, 15) is 9.90 Å². The summed E-state index contributed by atoms with van der Waals surface area (Å²) >= 11 is 7.17. The van der Waals surface area contributed by atoms with E-state index in [0.29, 0.717) is 32.9 Å². The SMILES string of the molecule is CCOC(=O)C(=NNc1ccccc1Cl)Sc1nnc(C(O)c2ccccc2)n1-c1ccccc1. The number of carbonyl (C=O) groups excluding carboxylic acids is 1. The largest absolute Gasteiger partial charge is 0.461 e. The van der Waals surface area contributed by atoms with Crippen LogP contribution < -0.4 is 5.43 Å². The molecule has 0 saturated heterocycles. The Labute approximate surface area is 211 Å². The number of aliphatic hydroxyl groups is 1. The molecular weight excluding hydrogens is 486 g/mol. The summed E-state index contributed by atoms with van der Waals surface area (Å²) in [5, 5.41) is 24.6. The van der Waals surface area contributed by atoms with Crippen LogP contribution in [-0.2, 0) is 9.53 Å². The quantitative estimate of drug-likeness (QED) is 0.118. The van der Waals surface area contributed by atoms with Gasteiger partial charge >= 0.3 is 5.97 Å². The average molecular weight is 508 g/mol. The van der Waals surface area contributed by atoms with Gasteiger partial charge in [-0.25, -0.2) is 4.79 Å². The first kappa shape index (κ1) is 24.5. The lowest BCUT2D eigenvalue weighted by molar-refractivity contribution is -0.134. The maximum atomic E-state index is 12.7. The monoisotopic (exact) mass is 507 g/mol. The van der Waals surface area contributed by atoms with Gasteiger partial charge in [0.15, 0.2) is 5.82 Å². The van der Waals surface area contributed by atoms with Gasteiger partial charge in [-0.3, -0.25) is 9.99 Å². The fourth-order valence-electron chi connectivity index (χ4n) is 3.18. The number of benzene rings is 3. The number of thioether (sulfide) groups is 1. The first-order valence-electron chi connectivity index (χ1n) is 10.8. The Balaban J connectivity index is 1.74. The van der Waals surface area contributed by atoms with E-state index in [2.05, 4.69) is 20.7 Å². The second kappa shape index (κ2) is 11.7. The van der Waals surface area contributed by atoms with Crippen molar-refractivity contribution in [3.63, 3.8) is 0 Å². The maximum absolute atomic E-state index is 12.7. The van der Waals surface area contributed by atoms with E-state index in [1.165, 1.54) is 0 Å². The van der Waals surface area contributed by atoms with Crippen LogP contribution in [0.25, 0.3) is 5.69 Å². The summed E-state index contributed by atoms with van der Waals surface area (Å²) in [4.78, 5) is 12.7. The van der Waals surface area contributed by atoms with Crippen molar-refractivity contribution in [2.75, 3.05) is 12.0 Å². The van der Waals surface area contributed by atoms with E-state index in [0.717, 1.165) is 11.8 Å². The zero-order valence-electron chi connectivity index (χ0n) is 18.7. The number of hydrogen-bond acceptors (Lipinski definition) is 8. The summed E-state index contributed by atoms with van der Waals surface area (Å²) in [6.07, 6.45) is -1.04. The van der Waals surface area contributed by atoms with Crippen LogP contribution in [0.2, 0.25) is 5.02 Å². The molecule has 178 valence electrons. The van der Waals surface area contributed by atoms with Gasteiger partial charge in [0.1, 0.15) is 6.10 Å². The second-order valence-electron chi connectivity index (χ2n) is 7.16. The molecule has 0 aliphatic carbocycles. The molecule has 4 aromatic rings. The van der Waals surface area contributed by atoms with Crippen molar-refractivity contribution in [3.8, 4) is 5.69 Å². The van der Waals surface area contributed by atoms with Gasteiger partial charge in [0.2, 0.25) is 10.2 Å². The smallest absolute Gasteiger partial charge is 0.365 e. The number of hydrogen-bond donors (Lipinski definition) is 2. The number of para-hydroxylation sites is 2. The highest BCUT2D eigenvalue weighted by atomic mass is 35.5. The number of ether oxygens (including phenoxy) is 1. The zero-order valence-corrected chi connectivity index (χ0v) is 20.3. The number of nitrogens with zero attached hydrogens (tertiary/aromatic N) is 4. The topological polar surface area (TPSA) is 102 Å². The minimum atomic E-state index is -1.04. The van der Waals surface area contributed by atoms with Gasteiger partial charge in [-0.05, 0) is 48.5 Å². The third kappa shape index (κ3) is 5.89. The number of esters is 1. The number of nitrogens with one attached hydrogen (secondary N) is 1. The van der Waals surface area contributed by atoms with E-state index in [1.807, 2.05) is 48.5 Å². The third-order valence-electron chi connectivity index (χ3n) is 4.82. The molecule has 0 saturated carbocycles. The summed E-state index contributed by atoms with van der Waals surface area (Å²) < 4.78 is 6.88. The van der Waals surface area contributed by atoms with Crippen LogP contribution in [0.1, 0.15) is 24.4 Å². The lowest BCUT2D eigenvalue weighted by Gasteiger charge is -2.14. The molecule has 0 spiro atoms. The molecule has 1 heterocycles. The van der Waals surface area contributed by atoms with E-state index in [-0.39, 0.29) is 11.7 Å². The summed E-state index contributed by atoms with van der Waals surface area (Å²) in [5.41, 5.74) is 4.72. The normalized spacial score (nSPS) is 12.3. The van der Waals surface area contributed by atoms with E-state index >= 15 is 0 Å². The molecule has 1 unspecified atom stereocenters. The molecule has 35 heavy (non-hydrogen) atoms. The molecule has 0 aliphatic heterocycles. The number of hydrazone groups is 1. The molecule has 10 heteroatoms. The minimum absolute atomic E-state index is 0.00268. The number of anilines is 1. The van der Waals surface area contributed by atoms with Crippen molar-refractivity contribution in [1.29, 1.82) is 0 Å². The Hall–Kier alpha value is -3.66. The van der Waals surface area contributed by atoms with Crippen molar-refractivity contribution in [2.24, 2.45) is 5.10 Å². The highest BCUT2D eigenvalue weighted by Gasteiger charge is 2.25. The van der Waals surface area contributed by atoms with Gasteiger partial charge < -0.3 is 9.84 Å². The predicted octanol–water partition coefficient (Wildman–Crippen LogP) is 5.08. The standard InChI is InChI=1S/C25H22ClN5O3S/c1-2-34-24(33)23(29-27-20-16-10-9-15-19(20)26)35-25-30-28-22(21(32)17-11-5-3-6-12-17)31(25)18-13-7-4-8-14-18/h3-16,21,27,32H,2H2,1H3. The van der Waals surface area contributed by atoms with Crippen LogP contribution in [0.4, 0.5) is 5.69 Å². The van der Waals surface area contributed by atoms with Crippen molar-refractivity contribution < 1.29 is 14.6 Å². The van der Waals surface area contributed by atoms with E-state index in [1.54, 1.807) is 47.9 Å². The van der Waals surface area contributed by atoms with Gasteiger partial charge in [-0.1, -0.05) is 72.3 Å². The number of aromatic nitrogens is 3. The first-order valence-corrected chi connectivity index (χ1v) is 11.9. The van der Waals surface area contributed by atoms with Crippen LogP contribution >= 0.6 is 23.4 Å². The molecular formula is C25H22ClN5O3S. The Morgan fingerprint density at radius 3 is 2.40 bits per heavy atom. The molecule has 0 bridgehead atoms. The predicted molar refractivity (Wildman–Crippen MR) is 137 cm³/mol. The van der Waals surface area contributed by atoms with Gasteiger partial charge in [0.25, 0.3) is 0 Å². The fraction of sp³-hybridized carbons (Fsp3) is 0.120. The Morgan fingerprint density at radius 2 is 1.71 bits per heavy atom. The van der Waals surface area contributed by atoms with Crippen molar-refractivity contribution in [1.82, 2.24) is 14.8 Å². The van der Waals surface area contributed by atoms with Crippen LogP contribution in [0.3, 0.4) is 0 Å². The van der Waals surface area contributed by atoms with Crippen molar-refractivity contribution >= 4 is 40.1 Å². The molecule has 0 aliphatic rings. The Kier molecular flexibility index (Phi) is 8.15. The number of halogens is 1. The van der Waals surface area contributed by atoms with Gasteiger partial charge in [0.05, 0.1) is 17.3 Å². The molecule has 1 atom stereocenters. The van der Waals surface area contributed by atoms with E-state index in [4.69, 9.17) is 16.3 Å². The molecule has 2 N–H and O–H groups in total. The summed E-state index contributed by atoms with van der Waals surface area (Å²) in [7, 11) is 0. The summed E-state index contributed by atoms with van der Waals surface area (Å²) in [5.74, 6) is -0.336. The van der Waals surface area contributed by atoms with Crippen molar-refractivity contribution in [2.45, 2.75) is 18.2 Å². The average Bonchev–Trinajstić information content (AvgIpc) is 3.31. The number of carbonyl (C=O) groups is 1. The number of aliphatic hydroxyl groups excluding tert-OH is 1. The van der Waals surface area contributed by atoms with Crippen molar-refractivity contribution in [3.05, 3.63) is 101 Å². The highest BCUT2D eigenvalue weighted by Crippen LogP contribution is 2.29. The van der Waals surface area contributed by atoms with Gasteiger partial charge in [0, 0.05) is 5.69 Å². The molecule has 8 nitrogen and oxygen atoms in total. The fourth-order valence-corrected chi connectivity index (χ4v) is 4.14. The minimum Gasteiger partial charge on any atom is -0.461 e. The summed E-state index contributed by atoms with van der Waals surface area (Å²) in [6.45, 7) is 1.89. The maximum Gasteiger partial charge on any atom is 0.365 e. The van der Waals surface area contributed by atoms with Crippen LogP contribution in [0.5, 0.6) is 0 Å². The first-order chi connectivity index (χ1) is 17.1. The zero-order chi connectivity index (χ0) is 24.6. The highest BCUT2D eigenvalue weighted by molar-refractivity contribution is 8.15. The van der Waals surface area contributed by atoms with E-state index < -0.39 is 12.1 Å². The molecule has 0 amide bonds. The lowest BCUT2D eigenvalue weighted by Crippen LogP contribution is -2.17. The molecule has 3 aromatic carbocycles. The third-order valence-corrected chi connectivity index (χ3v) is 6.05. The Morgan fingerprint density at radius 1 is 1.06 bits per heavy atom. The Bertz CT molecular complexity index is 1320.